The van der Waals surface area contributed by atoms with Crippen molar-refractivity contribution < 1.29 is 38.6 Å². The number of carboxylic acid groups (broad SMARTS) is 1. The third kappa shape index (κ3) is 7.14. The van der Waals surface area contributed by atoms with E-state index in [1.165, 1.54) is 6.33 Å². The highest BCUT2D eigenvalue weighted by atomic mass is 32.2. The molecule has 0 radical (unpaired) electrons. The first-order valence-electron chi connectivity index (χ1n) is 8.05. The van der Waals surface area contributed by atoms with Crippen molar-refractivity contribution in [2.24, 2.45) is 5.92 Å². The molecule has 2 rings (SSSR count). The van der Waals surface area contributed by atoms with Crippen molar-refractivity contribution in [2.45, 2.75) is 18.8 Å². The number of rotatable bonds is 8. The van der Waals surface area contributed by atoms with E-state index in [9.17, 15) is 18.3 Å². The molecule has 0 fully saturated rings. The lowest BCUT2D eigenvalue weighted by molar-refractivity contribution is -0.676. The fourth-order valence-electron chi connectivity index (χ4n) is 2.32. The molecule has 9 nitrogen and oxygen atoms in total. The average molecular weight is 425 g/mol. The number of aliphatic hydroxyl groups is 2. The molecule has 28 heavy (non-hydrogen) atoms. The maximum absolute atomic E-state index is 10.5. The van der Waals surface area contributed by atoms with Crippen LogP contribution < -0.4 is 16.2 Å². The van der Waals surface area contributed by atoms with Gasteiger partial charge in [0.2, 0.25) is 0 Å². The molecule has 2 heterocycles. The first-order chi connectivity index (χ1) is 13.1. The Morgan fingerprint density at radius 1 is 1.46 bits per heavy atom. The number of aromatic amines is 1. The van der Waals surface area contributed by atoms with Crippen molar-refractivity contribution in [1.29, 1.82) is 0 Å². The van der Waals surface area contributed by atoms with Crippen LogP contribution >= 0.6 is 11.8 Å². The van der Waals surface area contributed by atoms with Gasteiger partial charge in [-0.05, 0) is 6.26 Å². The zero-order valence-corrected chi connectivity index (χ0v) is 15.8. The van der Waals surface area contributed by atoms with Crippen LogP contribution in [0.25, 0.3) is 11.0 Å². The molecular formula is C15H22F3N5O4S. The molecule has 0 aliphatic heterocycles. The number of carboxylic acids is 1. The lowest BCUT2D eigenvalue weighted by atomic mass is 10.1. The van der Waals surface area contributed by atoms with Crippen LogP contribution in [0.1, 0.15) is 5.56 Å². The number of nitrogens with one attached hydrogen (secondary N) is 1. The van der Waals surface area contributed by atoms with E-state index < -0.39 is 18.2 Å². The summed E-state index contributed by atoms with van der Waals surface area (Å²) in [4.78, 5) is 20.1. The van der Waals surface area contributed by atoms with E-state index in [2.05, 4.69) is 20.3 Å². The Morgan fingerprint density at radius 3 is 2.64 bits per heavy atom. The van der Waals surface area contributed by atoms with Crippen LogP contribution in [0, 0.1) is 5.92 Å². The van der Waals surface area contributed by atoms with Crippen LogP contribution in [0.15, 0.2) is 12.5 Å². The molecule has 0 aliphatic rings. The molecule has 0 unspecified atom stereocenters. The number of fused-ring (bicyclic) bond motifs is 1. The maximum Gasteiger partial charge on any atom is 0.430 e. The number of quaternary nitrogens is 1. The van der Waals surface area contributed by atoms with Gasteiger partial charge in [-0.25, -0.2) is 9.97 Å². The molecular weight excluding hydrogens is 403 g/mol. The number of carbonyl (C=O) groups is 1. The van der Waals surface area contributed by atoms with Gasteiger partial charge in [-0.15, -0.1) is 0 Å². The molecule has 2 aromatic rings. The fourth-order valence-corrected chi connectivity index (χ4v) is 3.11. The summed E-state index contributed by atoms with van der Waals surface area (Å²) in [6.45, 7) is 1.28. The van der Waals surface area contributed by atoms with Crippen LogP contribution in [-0.2, 0) is 11.3 Å². The number of carbonyl (C=O) groups excluding carboxylic acids is 1. The predicted molar refractivity (Wildman–Crippen MR) is 94.8 cm³/mol. The van der Waals surface area contributed by atoms with Crippen LogP contribution in [0.4, 0.5) is 19.0 Å². The Hall–Kier alpha value is -2.09. The molecule has 13 heteroatoms. The minimum atomic E-state index is -5.19. The topological polar surface area (TPSA) is 165 Å². The fraction of sp³-hybridized carbons (Fsp3) is 0.533. The zero-order chi connectivity index (χ0) is 21.3. The smallest absolute Gasteiger partial charge is 0.430 e. The number of nitrogen functional groups attached to an aromatic ring is 1. The van der Waals surface area contributed by atoms with Gasteiger partial charge in [0.15, 0.2) is 5.82 Å². The van der Waals surface area contributed by atoms with E-state index >= 15 is 0 Å². The van der Waals surface area contributed by atoms with Gasteiger partial charge in [0, 0.05) is 17.9 Å². The summed E-state index contributed by atoms with van der Waals surface area (Å²) < 4.78 is 31.5. The molecule has 2 atom stereocenters. The Balaban J connectivity index is 0.000000480. The van der Waals surface area contributed by atoms with Crippen molar-refractivity contribution in [1.82, 2.24) is 15.0 Å². The molecule has 0 saturated carbocycles. The van der Waals surface area contributed by atoms with E-state index in [4.69, 9.17) is 20.7 Å². The lowest BCUT2D eigenvalue weighted by Crippen LogP contribution is -2.84. The van der Waals surface area contributed by atoms with E-state index in [-0.39, 0.29) is 12.5 Å². The molecule has 0 bridgehead atoms. The number of halogens is 3. The van der Waals surface area contributed by atoms with Crippen molar-refractivity contribution in [2.75, 3.05) is 30.9 Å². The third-order valence-electron chi connectivity index (χ3n) is 3.75. The first kappa shape index (κ1) is 23.9. The second-order valence-corrected chi connectivity index (χ2v) is 6.69. The number of hydrogen-bond acceptors (Lipinski definition) is 8. The largest absolute Gasteiger partial charge is 0.542 e. The molecule has 0 amide bonds. The van der Waals surface area contributed by atoms with Crippen molar-refractivity contribution in [3.63, 3.8) is 0 Å². The quantitative estimate of drug-likeness (QED) is 0.332. The lowest BCUT2D eigenvalue weighted by Gasteiger charge is -2.18. The van der Waals surface area contributed by atoms with Gasteiger partial charge in [0.05, 0.1) is 24.8 Å². The molecule has 2 aromatic heterocycles. The molecule has 0 aliphatic carbocycles. The molecule has 7 N–H and O–H groups in total. The Bertz CT molecular complexity index is 759. The van der Waals surface area contributed by atoms with E-state index in [1.54, 1.807) is 11.8 Å². The molecule has 0 saturated heterocycles. The number of nitrogens with two attached hydrogens (primary N) is 2. The van der Waals surface area contributed by atoms with Gasteiger partial charge in [-0.3, -0.25) is 0 Å². The highest BCUT2D eigenvalue weighted by Crippen LogP contribution is 2.18. The Labute approximate surface area is 162 Å². The number of thioether (sulfide) groups is 1. The first-order valence-corrected chi connectivity index (χ1v) is 9.45. The molecule has 0 aromatic carbocycles. The third-order valence-corrected chi connectivity index (χ3v) is 4.51. The van der Waals surface area contributed by atoms with Gasteiger partial charge < -0.3 is 36.1 Å². The van der Waals surface area contributed by atoms with Crippen LogP contribution in [0.3, 0.4) is 0 Å². The normalized spacial score (nSPS) is 13.6. The minimum absolute atomic E-state index is 0.0647. The second kappa shape index (κ2) is 11.0. The number of aliphatic hydroxyl groups excluding tert-OH is 2. The van der Waals surface area contributed by atoms with Crippen molar-refractivity contribution in [3.05, 3.63) is 18.1 Å². The summed E-state index contributed by atoms with van der Waals surface area (Å²) in [5, 5.41) is 29.8. The van der Waals surface area contributed by atoms with Crippen molar-refractivity contribution in [3.8, 4) is 0 Å². The number of alkyl halides is 3. The minimum Gasteiger partial charge on any atom is -0.542 e. The number of nitrogens with zero attached hydrogens (tertiary/aromatic N) is 2. The van der Waals surface area contributed by atoms with Crippen LogP contribution in [0.5, 0.6) is 0 Å². The summed E-state index contributed by atoms with van der Waals surface area (Å²) >= 11 is 1.67. The summed E-state index contributed by atoms with van der Waals surface area (Å²) in [5.41, 5.74) is 8.44. The highest BCUT2D eigenvalue weighted by Gasteiger charge is 2.28. The van der Waals surface area contributed by atoms with Gasteiger partial charge in [0.1, 0.15) is 29.9 Å². The zero-order valence-electron chi connectivity index (χ0n) is 14.9. The van der Waals surface area contributed by atoms with Gasteiger partial charge in [-0.1, -0.05) is 0 Å². The maximum atomic E-state index is 10.5. The molecule has 0 spiro atoms. The Kier molecular flexibility index (Phi) is 9.45. The van der Waals surface area contributed by atoms with Gasteiger partial charge in [-0.2, -0.15) is 24.9 Å². The standard InChI is InChI=1S/C13H21N5O2S.C2HF3O2/c1-21-6-9(10(20)5-19)3-15-2-8-4-16-12-11(8)17-7-18-13(12)14;3-2(4,5)1(6)7/h4,7,9-10,15-16,19-20H,2-3,5-6H2,1H3,(H2,14,17,18);(H,6,7)/t9-,10+;/m1./s1. The van der Waals surface area contributed by atoms with E-state index in [1.807, 2.05) is 12.5 Å². The monoisotopic (exact) mass is 425 g/mol. The average Bonchev–Trinajstić information content (AvgIpc) is 3.04. The molecule has 158 valence electrons. The van der Waals surface area contributed by atoms with Crippen LogP contribution in [0.2, 0.25) is 0 Å². The van der Waals surface area contributed by atoms with Crippen LogP contribution in [-0.4, -0.2) is 68.6 Å². The summed E-state index contributed by atoms with van der Waals surface area (Å²) in [6, 6.07) is 0. The summed E-state index contributed by atoms with van der Waals surface area (Å²) in [5.74, 6) is -1.68. The Morgan fingerprint density at radius 2 is 2.11 bits per heavy atom. The SMILES string of the molecule is CSC[C@@H](C[NH2+]Cc1c[nH]c2c(N)ncnc12)[C@@H](O)CO.O=C([O-])C(F)(F)F. The number of H-pyrrole nitrogens is 1. The summed E-state index contributed by atoms with van der Waals surface area (Å²) in [7, 11) is 0. The number of aromatic nitrogens is 3. The summed E-state index contributed by atoms with van der Waals surface area (Å²) in [6.07, 6.45) is -0.523. The number of hydrogen-bond donors (Lipinski definition) is 5. The highest BCUT2D eigenvalue weighted by molar-refractivity contribution is 7.98. The van der Waals surface area contributed by atoms with Gasteiger partial charge in [0.25, 0.3) is 0 Å². The van der Waals surface area contributed by atoms with Gasteiger partial charge >= 0.3 is 6.18 Å². The van der Waals surface area contributed by atoms with Crippen molar-refractivity contribution >= 4 is 34.6 Å². The predicted octanol–water partition coefficient (Wildman–Crippen LogP) is -1.77. The number of aliphatic carboxylic acids is 1. The number of anilines is 1. The van der Waals surface area contributed by atoms with E-state index in [0.29, 0.717) is 5.82 Å². The second-order valence-electron chi connectivity index (χ2n) is 5.78. The van der Waals surface area contributed by atoms with E-state index in [0.717, 1.165) is 35.4 Å².